The van der Waals surface area contributed by atoms with Crippen molar-refractivity contribution in [3.63, 3.8) is 0 Å². The predicted octanol–water partition coefficient (Wildman–Crippen LogP) is -0.301. The minimum absolute atomic E-state index is 0.0520. The smallest absolute Gasteiger partial charge is 0.303 e. The average molecular weight is 406 g/mol. The lowest BCUT2D eigenvalue weighted by atomic mass is 9.85. The third kappa shape index (κ3) is 4.46. The lowest BCUT2D eigenvalue weighted by Crippen LogP contribution is -2.36. The van der Waals surface area contributed by atoms with Crippen LogP contribution in [0, 0.1) is 11.3 Å². The van der Waals surface area contributed by atoms with Crippen molar-refractivity contribution in [3.8, 4) is 0 Å². The molecule has 1 aliphatic rings. The number of anilines is 1. The van der Waals surface area contributed by atoms with Gasteiger partial charge in [0.25, 0.3) is 0 Å². The number of imidazole rings is 1. The third-order valence-corrected chi connectivity index (χ3v) is 5.31. The SMILES string of the molecule is CC(C)(CC(=O)O)CC(=O)NC[C@H]1C[C@@H](O)[C@H](n2cnc3c(N)ncnc32)[C@H]1O. The first-order valence-electron chi connectivity index (χ1n) is 9.36. The van der Waals surface area contributed by atoms with Crippen LogP contribution in [0.3, 0.4) is 0 Å². The van der Waals surface area contributed by atoms with E-state index in [0.717, 1.165) is 0 Å². The highest BCUT2D eigenvalue weighted by molar-refractivity contribution is 5.81. The van der Waals surface area contributed by atoms with Gasteiger partial charge in [0.1, 0.15) is 11.8 Å². The van der Waals surface area contributed by atoms with Crippen molar-refractivity contribution in [1.82, 2.24) is 24.8 Å². The first kappa shape index (κ1) is 20.9. The average Bonchev–Trinajstić information content (AvgIpc) is 3.13. The molecule has 11 heteroatoms. The molecule has 6 N–H and O–H groups in total. The number of fused-ring (bicyclic) bond motifs is 1. The topological polar surface area (TPSA) is 176 Å². The van der Waals surface area contributed by atoms with Crippen LogP contribution in [0.2, 0.25) is 0 Å². The number of aromatic nitrogens is 4. The van der Waals surface area contributed by atoms with Crippen molar-refractivity contribution in [2.24, 2.45) is 11.3 Å². The molecule has 29 heavy (non-hydrogen) atoms. The number of carboxylic acid groups (broad SMARTS) is 1. The number of rotatable bonds is 7. The molecule has 0 aromatic carbocycles. The van der Waals surface area contributed by atoms with E-state index in [-0.39, 0.29) is 43.5 Å². The van der Waals surface area contributed by atoms with Gasteiger partial charge < -0.3 is 30.9 Å². The highest BCUT2D eigenvalue weighted by Gasteiger charge is 2.43. The van der Waals surface area contributed by atoms with Gasteiger partial charge in [-0.15, -0.1) is 0 Å². The molecule has 11 nitrogen and oxygen atoms in total. The molecule has 1 saturated carbocycles. The van der Waals surface area contributed by atoms with Gasteiger partial charge in [0.2, 0.25) is 5.91 Å². The van der Waals surface area contributed by atoms with Gasteiger partial charge >= 0.3 is 5.97 Å². The first-order valence-corrected chi connectivity index (χ1v) is 9.36. The van der Waals surface area contributed by atoms with Crippen LogP contribution in [-0.4, -0.2) is 65.5 Å². The zero-order valence-corrected chi connectivity index (χ0v) is 16.3. The van der Waals surface area contributed by atoms with E-state index in [0.29, 0.717) is 11.2 Å². The summed E-state index contributed by atoms with van der Waals surface area (Å²) in [7, 11) is 0. The molecule has 0 spiro atoms. The number of nitrogens with zero attached hydrogens (tertiary/aromatic N) is 4. The molecule has 1 amide bonds. The predicted molar refractivity (Wildman–Crippen MR) is 103 cm³/mol. The van der Waals surface area contributed by atoms with Crippen molar-refractivity contribution in [2.75, 3.05) is 12.3 Å². The Balaban J connectivity index is 1.65. The molecule has 1 aliphatic carbocycles. The molecule has 0 radical (unpaired) electrons. The van der Waals surface area contributed by atoms with Crippen molar-refractivity contribution in [3.05, 3.63) is 12.7 Å². The van der Waals surface area contributed by atoms with Crippen LogP contribution in [0.1, 0.15) is 39.2 Å². The van der Waals surface area contributed by atoms with Crippen molar-refractivity contribution < 1.29 is 24.9 Å². The Kier molecular flexibility index (Phi) is 5.71. The van der Waals surface area contributed by atoms with Gasteiger partial charge in [0, 0.05) is 18.9 Å². The van der Waals surface area contributed by atoms with Crippen LogP contribution >= 0.6 is 0 Å². The Morgan fingerprint density at radius 1 is 1.28 bits per heavy atom. The molecule has 2 aromatic heterocycles. The van der Waals surface area contributed by atoms with Crippen molar-refractivity contribution >= 4 is 28.9 Å². The molecule has 4 atom stereocenters. The summed E-state index contributed by atoms with van der Waals surface area (Å²) in [6.45, 7) is 3.59. The van der Waals surface area contributed by atoms with Gasteiger partial charge in [-0.05, 0) is 11.8 Å². The fourth-order valence-corrected chi connectivity index (χ4v) is 3.95. The number of carboxylic acids is 1. The van der Waals surface area contributed by atoms with Gasteiger partial charge in [0.05, 0.1) is 31.0 Å². The van der Waals surface area contributed by atoms with Crippen LogP contribution in [0.15, 0.2) is 12.7 Å². The molecule has 158 valence electrons. The standard InChI is InChI=1S/C18H26N6O5/c1-18(2,5-12(27)28)4-11(26)20-6-9-3-10(25)14(15(9)29)24-8-23-13-16(19)21-7-22-17(13)24/h7-10,14-15,25,29H,3-6H2,1-2H3,(H,20,26)(H,27,28)(H2,19,21,22)/t9-,10-,14+,15+/m1/s1. The third-order valence-electron chi connectivity index (χ3n) is 5.31. The van der Waals surface area contributed by atoms with Crippen LogP contribution in [0.4, 0.5) is 5.82 Å². The van der Waals surface area contributed by atoms with Gasteiger partial charge in [-0.2, -0.15) is 0 Å². The number of aliphatic hydroxyl groups excluding tert-OH is 2. The fraction of sp³-hybridized carbons (Fsp3) is 0.611. The van der Waals surface area contributed by atoms with Crippen LogP contribution in [0.5, 0.6) is 0 Å². The lowest BCUT2D eigenvalue weighted by molar-refractivity contribution is -0.139. The van der Waals surface area contributed by atoms with Gasteiger partial charge in [0.15, 0.2) is 11.5 Å². The first-order chi connectivity index (χ1) is 13.6. The molecule has 0 aliphatic heterocycles. The number of nitrogens with one attached hydrogen (secondary N) is 1. The lowest BCUT2D eigenvalue weighted by Gasteiger charge is -2.24. The summed E-state index contributed by atoms with van der Waals surface area (Å²) in [4.78, 5) is 35.3. The zero-order valence-electron chi connectivity index (χ0n) is 16.3. The molecular formula is C18H26N6O5. The van der Waals surface area contributed by atoms with E-state index in [4.69, 9.17) is 10.8 Å². The number of carbonyl (C=O) groups excluding carboxylic acids is 1. The van der Waals surface area contributed by atoms with Crippen molar-refractivity contribution in [1.29, 1.82) is 0 Å². The second kappa shape index (κ2) is 7.91. The second-order valence-corrected chi connectivity index (χ2v) is 8.34. The normalized spacial score (nSPS) is 24.7. The van der Waals surface area contributed by atoms with Crippen LogP contribution in [0.25, 0.3) is 11.2 Å². The maximum Gasteiger partial charge on any atom is 0.303 e. The highest BCUT2D eigenvalue weighted by atomic mass is 16.4. The number of amides is 1. The number of hydrogen-bond donors (Lipinski definition) is 5. The molecule has 0 saturated heterocycles. The van der Waals surface area contributed by atoms with Gasteiger partial charge in [-0.25, -0.2) is 15.0 Å². The second-order valence-electron chi connectivity index (χ2n) is 8.34. The van der Waals surface area contributed by atoms with E-state index in [1.165, 1.54) is 12.7 Å². The summed E-state index contributed by atoms with van der Waals surface area (Å²) in [6, 6.07) is -0.681. The fourth-order valence-electron chi connectivity index (χ4n) is 3.95. The summed E-state index contributed by atoms with van der Waals surface area (Å²) in [6.07, 6.45) is 1.17. The molecule has 0 unspecified atom stereocenters. The molecule has 3 rings (SSSR count). The number of hydrogen-bond acceptors (Lipinski definition) is 8. The maximum absolute atomic E-state index is 12.2. The van der Waals surface area contributed by atoms with Crippen LogP contribution in [-0.2, 0) is 9.59 Å². The minimum Gasteiger partial charge on any atom is -0.481 e. The maximum atomic E-state index is 12.2. The Labute approximate surface area is 167 Å². The molecule has 1 fully saturated rings. The zero-order chi connectivity index (χ0) is 21.3. The summed E-state index contributed by atoms with van der Waals surface area (Å²) < 4.78 is 1.58. The Hall–Kier alpha value is -2.79. The van der Waals surface area contributed by atoms with E-state index < -0.39 is 29.6 Å². The van der Waals surface area contributed by atoms with E-state index in [1.54, 1.807) is 18.4 Å². The van der Waals surface area contributed by atoms with E-state index >= 15 is 0 Å². The Bertz CT molecular complexity index is 913. The Morgan fingerprint density at radius 2 is 2.00 bits per heavy atom. The molecular weight excluding hydrogens is 380 g/mol. The molecule has 2 heterocycles. The van der Waals surface area contributed by atoms with Crippen molar-refractivity contribution in [2.45, 2.75) is 51.4 Å². The number of carbonyl (C=O) groups is 2. The van der Waals surface area contributed by atoms with E-state index in [2.05, 4.69) is 20.3 Å². The number of nitrogens with two attached hydrogens (primary N) is 1. The quantitative estimate of drug-likeness (QED) is 0.413. The van der Waals surface area contributed by atoms with Crippen LogP contribution < -0.4 is 11.1 Å². The summed E-state index contributed by atoms with van der Waals surface area (Å²) in [5.41, 5.74) is 5.92. The largest absolute Gasteiger partial charge is 0.481 e. The highest BCUT2D eigenvalue weighted by Crippen LogP contribution is 2.37. The molecule has 2 aromatic rings. The number of aliphatic hydroxyl groups is 2. The summed E-state index contributed by atoms with van der Waals surface area (Å²) in [5.74, 6) is -1.42. The monoisotopic (exact) mass is 406 g/mol. The summed E-state index contributed by atoms with van der Waals surface area (Å²) in [5, 5.41) is 33.0. The number of aliphatic carboxylic acids is 1. The van der Waals surface area contributed by atoms with Gasteiger partial charge in [-0.1, -0.05) is 13.8 Å². The van der Waals surface area contributed by atoms with E-state index in [1.807, 2.05) is 0 Å². The van der Waals surface area contributed by atoms with E-state index in [9.17, 15) is 19.8 Å². The van der Waals surface area contributed by atoms with Gasteiger partial charge in [-0.3, -0.25) is 9.59 Å². The number of nitrogen functional groups attached to an aromatic ring is 1. The molecule has 0 bridgehead atoms. The summed E-state index contributed by atoms with van der Waals surface area (Å²) >= 11 is 0. The minimum atomic E-state index is -0.961. The Morgan fingerprint density at radius 3 is 2.69 bits per heavy atom.